The lowest BCUT2D eigenvalue weighted by Crippen LogP contribution is -2.14. The topological polar surface area (TPSA) is 34.1 Å². The van der Waals surface area contributed by atoms with Gasteiger partial charge in [0.15, 0.2) is 0 Å². The maximum Gasteiger partial charge on any atom is 0.209 e. The maximum atomic E-state index is 10.8. The van der Waals surface area contributed by atoms with Crippen molar-refractivity contribution in [3.63, 3.8) is 0 Å². The normalized spacial score (nSPS) is 10.3. The van der Waals surface area contributed by atoms with Crippen LogP contribution >= 0.6 is 31.9 Å². The van der Waals surface area contributed by atoms with E-state index in [1.54, 1.807) is 0 Å². The zero-order chi connectivity index (χ0) is 9.56. The Morgan fingerprint density at radius 2 is 1.67 bits per heavy atom. The molecule has 0 aliphatic carbocycles. The van der Waals surface area contributed by atoms with Gasteiger partial charge < -0.3 is 0 Å². The highest BCUT2D eigenvalue weighted by atomic mass is 79.9. The second-order valence-electron chi connectivity index (χ2n) is 2.66. The van der Waals surface area contributed by atoms with Gasteiger partial charge in [-0.3, -0.25) is 9.59 Å². The Balaban J connectivity index is 3.80. The summed E-state index contributed by atoms with van der Waals surface area (Å²) in [5, 5.41) is 0. The molecule has 0 aromatic heterocycles. The van der Waals surface area contributed by atoms with E-state index in [9.17, 15) is 9.59 Å². The lowest BCUT2D eigenvalue weighted by molar-refractivity contribution is -0.122. The van der Waals surface area contributed by atoms with Gasteiger partial charge in [0.1, 0.15) is 0 Å². The van der Waals surface area contributed by atoms with Gasteiger partial charge in [-0.25, -0.2) is 0 Å². The fourth-order valence-corrected chi connectivity index (χ4v) is 2.10. The largest absolute Gasteiger partial charge is 0.286 e. The van der Waals surface area contributed by atoms with E-state index in [1.165, 1.54) is 0 Å². The van der Waals surface area contributed by atoms with Gasteiger partial charge in [-0.1, -0.05) is 26.2 Å². The first-order valence-corrected chi connectivity index (χ1v) is 5.56. The van der Waals surface area contributed by atoms with Gasteiger partial charge in [0, 0.05) is 0 Å². The van der Waals surface area contributed by atoms with Crippen LogP contribution in [0.25, 0.3) is 0 Å². The summed E-state index contributed by atoms with van der Waals surface area (Å²) in [4.78, 5) is 21.7. The lowest BCUT2D eigenvalue weighted by Gasteiger charge is -2.06. The Labute approximate surface area is 89.4 Å². The van der Waals surface area contributed by atoms with Crippen LogP contribution in [0.5, 0.6) is 0 Å². The van der Waals surface area contributed by atoms with E-state index in [0.29, 0.717) is 6.42 Å². The monoisotopic (exact) mass is 298 g/mol. The third-order valence-corrected chi connectivity index (χ3v) is 2.75. The van der Waals surface area contributed by atoms with E-state index >= 15 is 0 Å². The summed E-state index contributed by atoms with van der Waals surface area (Å²) in [5.41, 5.74) is 0. The van der Waals surface area contributed by atoms with Gasteiger partial charge in [-0.15, -0.1) is 0 Å². The molecule has 0 atom stereocenters. The molecule has 0 aromatic carbocycles. The maximum absolute atomic E-state index is 10.8. The summed E-state index contributed by atoms with van der Waals surface area (Å²) < 4.78 is -0.444. The summed E-state index contributed by atoms with van der Waals surface area (Å²) >= 11 is 5.61. The molecule has 0 aliphatic heterocycles. The molecular weight excluding hydrogens is 288 g/mol. The zero-order valence-corrected chi connectivity index (χ0v) is 10.2. The van der Waals surface area contributed by atoms with E-state index in [4.69, 9.17) is 0 Å². The third kappa shape index (κ3) is 5.04. The molecule has 0 fully saturated rings. The van der Waals surface area contributed by atoms with Crippen molar-refractivity contribution >= 4 is 41.2 Å². The number of hydrogen-bond acceptors (Lipinski definition) is 2. The average Bonchev–Trinajstić information content (AvgIpc) is 1.96. The Morgan fingerprint density at radius 3 is 2.00 bits per heavy atom. The van der Waals surface area contributed by atoms with Crippen LogP contribution in [0.4, 0.5) is 0 Å². The number of unbranched alkanes of at least 4 members (excludes halogenated alkanes) is 2. The lowest BCUT2D eigenvalue weighted by atomic mass is 10.0. The highest BCUT2D eigenvalue weighted by Gasteiger charge is 2.21. The van der Waals surface area contributed by atoms with Gasteiger partial charge in [0.05, 0.1) is 5.92 Å². The van der Waals surface area contributed by atoms with E-state index in [2.05, 4.69) is 38.8 Å². The molecule has 0 radical (unpaired) electrons. The van der Waals surface area contributed by atoms with E-state index in [0.717, 1.165) is 19.3 Å². The van der Waals surface area contributed by atoms with E-state index in [1.807, 2.05) is 0 Å². The molecule has 70 valence electrons. The van der Waals surface area contributed by atoms with E-state index < -0.39 is 5.92 Å². The highest BCUT2D eigenvalue weighted by Crippen LogP contribution is 2.17. The second kappa shape index (κ2) is 6.78. The van der Waals surface area contributed by atoms with Crippen molar-refractivity contribution in [1.82, 2.24) is 0 Å². The van der Waals surface area contributed by atoms with Crippen LogP contribution in [0.3, 0.4) is 0 Å². The molecule has 0 unspecified atom stereocenters. The Bertz CT molecular complexity index is 154. The molecule has 0 amide bonds. The SMILES string of the molecule is CCCCCC(C(=O)Br)C(=O)Br. The van der Waals surface area contributed by atoms with Crippen LogP contribution in [0.1, 0.15) is 32.6 Å². The minimum atomic E-state index is -0.503. The molecule has 2 nitrogen and oxygen atoms in total. The van der Waals surface area contributed by atoms with Crippen molar-refractivity contribution in [2.75, 3.05) is 0 Å². The summed E-state index contributed by atoms with van der Waals surface area (Å²) in [6.45, 7) is 2.08. The van der Waals surface area contributed by atoms with Crippen LogP contribution in [0.15, 0.2) is 0 Å². The number of halogens is 2. The summed E-state index contributed by atoms with van der Waals surface area (Å²) in [5.74, 6) is -0.503. The molecule has 0 aliphatic rings. The van der Waals surface area contributed by atoms with Crippen molar-refractivity contribution in [1.29, 1.82) is 0 Å². The van der Waals surface area contributed by atoms with Gasteiger partial charge in [0.25, 0.3) is 0 Å². The van der Waals surface area contributed by atoms with Crippen molar-refractivity contribution in [2.24, 2.45) is 5.92 Å². The fourth-order valence-electron chi connectivity index (χ4n) is 0.915. The number of carbonyl (C=O) groups is 2. The van der Waals surface area contributed by atoms with Crippen molar-refractivity contribution in [3.8, 4) is 0 Å². The molecule has 0 saturated carbocycles. The molecule has 0 bridgehead atoms. The van der Waals surface area contributed by atoms with Crippen LogP contribution in [0, 0.1) is 5.92 Å². The first-order chi connectivity index (χ1) is 5.59. The number of rotatable bonds is 6. The Morgan fingerprint density at radius 1 is 1.17 bits per heavy atom. The minimum absolute atomic E-state index is 0.222. The second-order valence-corrected chi connectivity index (χ2v) is 4.22. The molecule has 0 rings (SSSR count). The summed E-state index contributed by atoms with van der Waals surface area (Å²) in [6.07, 6.45) is 3.73. The smallest absolute Gasteiger partial charge is 0.209 e. The first kappa shape index (κ1) is 12.3. The fraction of sp³-hybridized carbons (Fsp3) is 0.750. The van der Waals surface area contributed by atoms with Crippen LogP contribution in [-0.2, 0) is 9.59 Å². The van der Waals surface area contributed by atoms with Gasteiger partial charge in [0.2, 0.25) is 9.39 Å². The Hall–Kier alpha value is 0.300. The highest BCUT2D eigenvalue weighted by molar-refractivity contribution is 9.19. The third-order valence-electron chi connectivity index (χ3n) is 1.64. The van der Waals surface area contributed by atoms with Crippen LogP contribution in [0.2, 0.25) is 0 Å². The zero-order valence-electron chi connectivity index (χ0n) is 6.98. The van der Waals surface area contributed by atoms with Crippen molar-refractivity contribution in [3.05, 3.63) is 0 Å². The van der Waals surface area contributed by atoms with Gasteiger partial charge in [-0.05, 0) is 38.3 Å². The molecule has 0 N–H and O–H groups in total. The molecule has 0 aromatic rings. The van der Waals surface area contributed by atoms with Crippen LogP contribution in [-0.4, -0.2) is 9.39 Å². The predicted octanol–water partition coefficient (Wildman–Crippen LogP) is 3.03. The van der Waals surface area contributed by atoms with Crippen molar-refractivity contribution < 1.29 is 9.59 Å². The Kier molecular flexibility index (Phi) is 6.95. The van der Waals surface area contributed by atoms with Crippen molar-refractivity contribution in [2.45, 2.75) is 32.6 Å². The van der Waals surface area contributed by atoms with E-state index in [-0.39, 0.29) is 9.39 Å². The molecular formula is C8H12Br2O2. The summed E-state index contributed by atoms with van der Waals surface area (Å²) in [6, 6.07) is 0. The van der Waals surface area contributed by atoms with Gasteiger partial charge in [-0.2, -0.15) is 0 Å². The van der Waals surface area contributed by atoms with Gasteiger partial charge >= 0.3 is 0 Å². The standard InChI is InChI=1S/C8H12Br2O2/c1-2-3-4-5-6(7(9)11)8(10)12/h6H,2-5H2,1H3. The molecule has 0 spiro atoms. The quantitative estimate of drug-likeness (QED) is 0.429. The molecule has 12 heavy (non-hydrogen) atoms. The first-order valence-electron chi connectivity index (χ1n) is 3.98. The number of carbonyl (C=O) groups excluding carboxylic acids is 2. The molecule has 0 heterocycles. The molecule has 0 saturated heterocycles. The average molecular weight is 300 g/mol. The van der Waals surface area contributed by atoms with Crippen LogP contribution < -0.4 is 0 Å². The molecule has 4 heteroatoms. The number of hydrogen-bond donors (Lipinski definition) is 0. The summed E-state index contributed by atoms with van der Waals surface area (Å²) in [7, 11) is 0. The predicted molar refractivity (Wildman–Crippen MR) is 55.5 cm³/mol. The minimum Gasteiger partial charge on any atom is -0.286 e.